The number of nitrogens with zero attached hydrogens (tertiary/aromatic N) is 2. The number of likely N-dealkylation sites (tertiary alicyclic amines) is 1. The number of hydrogen-bond acceptors (Lipinski definition) is 6. The molecule has 0 unspecified atom stereocenters. The second kappa shape index (κ2) is 6.09. The molecular weight excluding hydrogens is 320 g/mol. The Labute approximate surface area is 135 Å². The summed E-state index contributed by atoms with van der Waals surface area (Å²) in [4.78, 5) is 17.7. The van der Waals surface area contributed by atoms with E-state index >= 15 is 0 Å². The molecule has 0 N–H and O–H groups in total. The largest absolute Gasteiger partial charge is 0.472 e. The van der Waals surface area contributed by atoms with Crippen LogP contribution in [0.3, 0.4) is 0 Å². The Hall–Kier alpha value is -1.67. The lowest BCUT2D eigenvalue weighted by atomic mass is 9.98. The van der Waals surface area contributed by atoms with Crippen LogP contribution in [0.15, 0.2) is 24.4 Å². The number of sulfone groups is 1. The van der Waals surface area contributed by atoms with E-state index in [4.69, 9.17) is 9.47 Å². The van der Waals surface area contributed by atoms with E-state index in [2.05, 4.69) is 4.98 Å². The van der Waals surface area contributed by atoms with Gasteiger partial charge >= 0.3 is 0 Å². The van der Waals surface area contributed by atoms with Gasteiger partial charge in [0.25, 0.3) is 0 Å². The lowest BCUT2D eigenvalue weighted by Gasteiger charge is -2.23. The molecule has 0 saturated carbocycles. The highest BCUT2D eigenvalue weighted by Gasteiger charge is 2.47. The zero-order chi connectivity index (χ0) is 16.5. The minimum absolute atomic E-state index is 0.102. The van der Waals surface area contributed by atoms with Gasteiger partial charge in [0.2, 0.25) is 11.8 Å². The topological polar surface area (TPSA) is 85.8 Å². The summed E-state index contributed by atoms with van der Waals surface area (Å²) in [6.45, 7) is 1.39. The third-order valence-corrected chi connectivity index (χ3v) is 4.93. The van der Waals surface area contributed by atoms with E-state index in [1.54, 1.807) is 17.2 Å². The zero-order valence-electron chi connectivity index (χ0n) is 13.0. The van der Waals surface area contributed by atoms with Crippen molar-refractivity contribution in [2.24, 2.45) is 0 Å². The van der Waals surface area contributed by atoms with Crippen molar-refractivity contribution in [2.75, 3.05) is 31.7 Å². The normalized spacial score (nSPS) is 27.5. The van der Waals surface area contributed by atoms with Crippen LogP contribution in [-0.4, -0.2) is 67.6 Å². The van der Waals surface area contributed by atoms with E-state index in [1.165, 1.54) is 0 Å². The van der Waals surface area contributed by atoms with Gasteiger partial charge in [-0.3, -0.25) is 4.79 Å². The summed E-state index contributed by atoms with van der Waals surface area (Å²) in [7, 11) is -3.31. The molecule has 0 aliphatic carbocycles. The molecule has 2 aliphatic heterocycles. The van der Waals surface area contributed by atoms with Crippen LogP contribution in [-0.2, 0) is 19.4 Å². The monoisotopic (exact) mass is 340 g/mol. The van der Waals surface area contributed by atoms with Gasteiger partial charge in [0, 0.05) is 38.0 Å². The maximum atomic E-state index is 12.0. The van der Waals surface area contributed by atoms with Crippen LogP contribution in [0.5, 0.6) is 5.88 Å². The standard InChI is InChI=1S/C15H20N2O5S/c1-23(19,20)10-14(18)17-7-5-15(11-17)8-12(9-21-15)22-13-4-2-3-6-16-13/h2-4,6,12H,5,7-11H2,1H3/t12-,15-/m0/s1. The Morgan fingerprint density at radius 1 is 1.52 bits per heavy atom. The molecule has 7 nitrogen and oxygen atoms in total. The quantitative estimate of drug-likeness (QED) is 0.782. The minimum atomic E-state index is -3.31. The highest BCUT2D eigenvalue weighted by atomic mass is 32.2. The van der Waals surface area contributed by atoms with Crippen molar-refractivity contribution in [1.29, 1.82) is 0 Å². The van der Waals surface area contributed by atoms with Crippen LogP contribution in [0.25, 0.3) is 0 Å². The lowest BCUT2D eigenvalue weighted by Crippen LogP contribution is -2.38. The molecule has 1 aromatic rings. The van der Waals surface area contributed by atoms with Gasteiger partial charge < -0.3 is 14.4 Å². The molecule has 0 radical (unpaired) electrons. The molecule has 2 atom stereocenters. The summed E-state index contributed by atoms with van der Waals surface area (Å²) >= 11 is 0. The minimum Gasteiger partial charge on any atom is -0.472 e. The highest BCUT2D eigenvalue weighted by molar-refractivity contribution is 7.91. The first-order valence-corrected chi connectivity index (χ1v) is 9.58. The Morgan fingerprint density at radius 2 is 2.35 bits per heavy atom. The summed E-state index contributed by atoms with van der Waals surface area (Å²) in [5, 5.41) is 0. The van der Waals surface area contributed by atoms with E-state index in [0.29, 0.717) is 38.4 Å². The second-order valence-electron chi connectivity index (χ2n) is 6.24. The fourth-order valence-electron chi connectivity index (χ4n) is 3.12. The first-order chi connectivity index (χ1) is 10.9. The van der Waals surface area contributed by atoms with E-state index in [-0.39, 0.29) is 12.0 Å². The van der Waals surface area contributed by atoms with E-state index in [9.17, 15) is 13.2 Å². The number of carbonyl (C=O) groups is 1. The predicted molar refractivity (Wildman–Crippen MR) is 82.9 cm³/mol. The van der Waals surface area contributed by atoms with Crippen molar-refractivity contribution in [3.8, 4) is 5.88 Å². The number of ether oxygens (including phenoxy) is 2. The molecule has 23 heavy (non-hydrogen) atoms. The Morgan fingerprint density at radius 3 is 3.04 bits per heavy atom. The molecule has 2 saturated heterocycles. The number of pyridine rings is 1. The van der Waals surface area contributed by atoms with Crippen LogP contribution in [0.2, 0.25) is 0 Å². The van der Waals surface area contributed by atoms with Crippen LogP contribution in [0.1, 0.15) is 12.8 Å². The van der Waals surface area contributed by atoms with Crippen LogP contribution in [0, 0.1) is 0 Å². The molecule has 3 rings (SSSR count). The first-order valence-electron chi connectivity index (χ1n) is 7.52. The van der Waals surface area contributed by atoms with Gasteiger partial charge in [-0.25, -0.2) is 13.4 Å². The molecule has 2 aliphatic rings. The molecule has 1 amide bonds. The average Bonchev–Trinajstić information content (AvgIpc) is 3.06. The predicted octanol–water partition coefficient (Wildman–Crippen LogP) is 0.265. The number of hydrogen-bond donors (Lipinski definition) is 0. The molecule has 1 aromatic heterocycles. The van der Waals surface area contributed by atoms with Crippen molar-refractivity contribution < 1.29 is 22.7 Å². The Bertz CT molecular complexity index is 678. The van der Waals surface area contributed by atoms with Gasteiger partial charge in [-0.2, -0.15) is 0 Å². The summed E-state index contributed by atoms with van der Waals surface area (Å²) < 4.78 is 34.2. The number of amides is 1. The third-order valence-electron chi connectivity index (χ3n) is 4.15. The molecule has 8 heteroatoms. The van der Waals surface area contributed by atoms with Gasteiger partial charge in [-0.15, -0.1) is 0 Å². The van der Waals surface area contributed by atoms with Gasteiger partial charge in [0.05, 0.1) is 12.2 Å². The maximum absolute atomic E-state index is 12.0. The smallest absolute Gasteiger partial charge is 0.237 e. The van der Waals surface area contributed by atoms with E-state index in [0.717, 1.165) is 6.26 Å². The highest BCUT2D eigenvalue weighted by Crippen LogP contribution is 2.36. The lowest BCUT2D eigenvalue weighted by molar-refractivity contribution is -0.128. The summed E-state index contributed by atoms with van der Waals surface area (Å²) in [6, 6.07) is 5.47. The van der Waals surface area contributed by atoms with Crippen molar-refractivity contribution in [2.45, 2.75) is 24.5 Å². The molecule has 126 valence electrons. The Kier molecular flexibility index (Phi) is 4.29. The maximum Gasteiger partial charge on any atom is 0.237 e. The molecule has 1 spiro atoms. The second-order valence-corrected chi connectivity index (χ2v) is 8.38. The fourth-order valence-corrected chi connectivity index (χ4v) is 3.75. The molecular formula is C15H20N2O5S. The van der Waals surface area contributed by atoms with E-state index < -0.39 is 21.2 Å². The van der Waals surface area contributed by atoms with Crippen molar-refractivity contribution in [3.05, 3.63) is 24.4 Å². The van der Waals surface area contributed by atoms with Gasteiger partial charge in [-0.1, -0.05) is 6.07 Å². The SMILES string of the molecule is CS(=O)(=O)CC(=O)N1CC[C@]2(C[C@H](Oc3ccccn3)CO2)C1. The van der Waals surface area contributed by atoms with Crippen LogP contribution >= 0.6 is 0 Å². The van der Waals surface area contributed by atoms with Gasteiger partial charge in [-0.05, 0) is 12.5 Å². The van der Waals surface area contributed by atoms with Crippen molar-refractivity contribution in [1.82, 2.24) is 9.88 Å². The number of carbonyl (C=O) groups excluding carboxylic acids is 1. The number of aromatic nitrogens is 1. The average molecular weight is 340 g/mol. The van der Waals surface area contributed by atoms with Crippen LogP contribution < -0.4 is 4.74 Å². The molecule has 3 heterocycles. The van der Waals surface area contributed by atoms with Gasteiger partial charge in [0.1, 0.15) is 11.9 Å². The van der Waals surface area contributed by atoms with Gasteiger partial charge in [0.15, 0.2) is 9.84 Å². The van der Waals surface area contributed by atoms with Crippen molar-refractivity contribution in [3.63, 3.8) is 0 Å². The summed E-state index contributed by atoms with van der Waals surface area (Å²) in [5.74, 6) is -0.250. The summed E-state index contributed by atoms with van der Waals surface area (Å²) in [5.41, 5.74) is -0.424. The fraction of sp³-hybridized carbons (Fsp3) is 0.600. The first kappa shape index (κ1) is 16.2. The Balaban J connectivity index is 1.57. The third kappa shape index (κ3) is 4.00. The molecule has 0 aromatic carbocycles. The number of rotatable bonds is 4. The zero-order valence-corrected chi connectivity index (χ0v) is 13.8. The summed E-state index contributed by atoms with van der Waals surface area (Å²) in [6.07, 6.45) is 4.01. The molecule has 0 bridgehead atoms. The van der Waals surface area contributed by atoms with E-state index in [1.807, 2.05) is 12.1 Å². The molecule has 2 fully saturated rings. The van der Waals surface area contributed by atoms with Crippen molar-refractivity contribution >= 4 is 15.7 Å². The van der Waals surface area contributed by atoms with Crippen LogP contribution in [0.4, 0.5) is 0 Å².